The van der Waals surface area contributed by atoms with E-state index in [2.05, 4.69) is 10.6 Å². The van der Waals surface area contributed by atoms with E-state index in [1.165, 1.54) is 6.07 Å². The molecule has 8 heteroatoms. The van der Waals surface area contributed by atoms with Crippen molar-refractivity contribution in [3.63, 3.8) is 0 Å². The van der Waals surface area contributed by atoms with Crippen LogP contribution in [0.1, 0.15) is 37.5 Å². The monoisotopic (exact) mass is 366 g/mol. The van der Waals surface area contributed by atoms with Gasteiger partial charge in [0.25, 0.3) is 17.7 Å². The summed E-state index contributed by atoms with van der Waals surface area (Å²) in [7, 11) is 0. The third-order valence-electron chi connectivity index (χ3n) is 4.15. The SMILES string of the molecule is Nc1ccccc1C(=O)NC(=O)NCCCN1C(=O)c2ccccc2C1=O. The molecule has 0 spiro atoms. The van der Waals surface area contributed by atoms with Crippen LogP contribution >= 0.6 is 0 Å². The standard InChI is InChI=1S/C19H18N4O4/c20-15-9-4-3-8-14(15)16(24)22-19(27)21-10-5-11-23-17(25)12-6-1-2-7-13(12)18(23)26/h1-4,6-9H,5,10-11,20H2,(H2,21,22,24,27). The zero-order chi connectivity index (χ0) is 19.4. The van der Waals surface area contributed by atoms with Crippen molar-refractivity contribution >= 4 is 29.4 Å². The molecule has 0 unspecified atom stereocenters. The van der Waals surface area contributed by atoms with Gasteiger partial charge in [-0.2, -0.15) is 0 Å². The third kappa shape index (κ3) is 3.79. The molecular formula is C19H18N4O4. The third-order valence-corrected chi connectivity index (χ3v) is 4.15. The Kier molecular flexibility index (Phi) is 5.16. The molecule has 1 aliphatic rings. The van der Waals surface area contributed by atoms with Crippen LogP contribution in [-0.4, -0.2) is 41.7 Å². The number of urea groups is 1. The fourth-order valence-electron chi connectivity index (χ4n) is 2.80. The number of rotatable bonds is 5. The van der Waals surface area contributed by atoms with Crippen LogP contribution in [0.25, 0.3) is 0 Å². The van der Waals surface area contributed by atoms with E-state index in [9.17, 15) is 19.2 Å². The number of nitrogens with two attached hydrogens (primary N) is 1. The lowest BCUT2D eigenvalue weighted by atomic mass is 10.1. The maximum absolute atomic E-state index is 12.2. The highest BCUT2D eigenvalue weighted by Gasteiger charge is 2.34. The molecule has 0 fully saturated rings. The molecular weight excluding hydrogens is 348 g/mol. The number of imide groups is 2. The van der Waals surface area contributed by atoms with Gasteiger partial charge < -0.3 is 11.1 Å². The molecule has 0 saturated carbocycles. The molecule has 4 N–H and O–H groups in total. The lowest BCUT2D eigenvalue weighted by Crippen LogP contribution is -2.41. The molecule has 0 bridgehead atoms. The van der Waals surface area contributed by atoms with E-state index in [0.29, 0.717) is 17.5 Å². The van der Waals surface area contributed by atoms with Gasteiger partial charge in [-0.15, -0.1) is 0 Å². The predicted molar refractivity (Wildman–Crippen MR) is 98.1 cm³/mol. The van der Waals surface area contributed by atoms with Crippen LogP contribution in [0.4, 0.5) is 10.5 Å². The van der Waals surface area contributed by atoms with E-state index in [1.54, 1.807) is 42.5 Å². The number of nitrogen functional groups attached to an aromatic ring is 1. The minimum Gasteiger partial charge on any atom is -0.398 e. The molecule has 0 radical (unpaired) electrons. The van der Waals surface area contributed by atoms with Crippen molar-refractivity contribution in [2.75, 3.05) is 18.8 Å². The first-order chi connectivity index (χ1) is 13.0. The minimum atomic E-state index is -0.675. The van der Waals surface area contributed by atoms with Crippen molar-refractivity contribution < 1.29 is 19.2 Å². The summed E-state index contributed by atoms with van der Waals surface area (Å²) < 4.78 is 0. The van der Waals surface area contributed by atoms with Gasteiger partial charge in [0.05, 0.1) is 16.7 Å². The van der Waals surface area contributed by atoms with E-state index in [1.807, 2.05) is 0 Å². The van der Waals surface area contributed by atoms with Crippen LogP contribution in [0.2, 0.25) is 0 Å². The Morgan fingerprint density at radius 3 is 2.15 bits per heavy atom. The van der Waals surface area contributed by atoms with Gasteiger partial charge in [0.1, 0.15) is 0 Å². The average molecular weight is 366 g/mol. The molecule has 1 aliphatic heterocycles. The van der Waals surface area contributed by atoms with Crippen LogP contribution in [0.3, 0.4) is 0 Å². The molecule has 27 heavy (non-hydrogen) atoms. The summed E-state index contributed by atoms with van der Waals surface area (Å²) in [5.41, 5.74) is 6.94. The van der Waals surface area contributed by atoms with Gasteiger partial charge in [-0.3, -0.25) is 24.6 Å². The number of benzene rings is 2. The minimum absolute atomic E-state index is 0.173. The Hall–Kier alpha value is -3.68. The second-order valence-corrected chi connectivity index (χ2v) is 5.96. The number of nitrogens with one attached hydrogen (secondary N) is 2. The van der Waals surface area contributed by atoms with Crippen molar-refractivity contribution in [3.8, 4) is 0 Å². The summed E-state index contributed by atoms with van der Waals surface area (Å²) in [4.78, 5) is 49.4. The molecule has 5 amide bonds. The topological polar surface area (TPSA) is 122 Å². The Balaban J connectivity index is 1.45. The van der Waals surface area contributed by atoms with Gasteiger partial charge in [-0.1, -0.05) is 24.3 Å². The van der Waals surface area contributed by atoms with Gasteiger partial charge in [0.2, 0.25) is 0 Å². The summed E-state index contributed by atoms with van der Waals surface area (Å²) in [6, 6.07) is 12.4. The highest BCUT2D eigenvalue weighted by atomic mass is 16.2. The van der Waals surface area contributed by atoms with Crippen molar-refractivity contribution in [3.05, 3.63) is 65.2 Å². The zero-order valence-corrected chi connectivity index (χ0v) is 14.4. The Morgan fingerprint density at radius 1 is 0.926 bits per heavy atom. The molecule has 0 atom stereocenters. The second kappa shape index (κ2) is 7.69. The van der Waals surface area contributed by atoms with Crippen molar-refractivity contribution in [1.82, 2.24) is 15.5 Å². The summed E-state index contributed by atoms with van der Waals surface area (Å²) >= 11 is 0. The molecule has 0 aromatic heterocycles. The Morgan fingerprint density at radius 2 is 1.52 bits per heavy atom. The number of carbonyl (C=O) groups excluding carboxylic acids is 4. The van der Waals surface area contributed by atoms with Crippen molar-refractivity contribution in [1.29, 1.82) is 0 Å². The number of fused-ring (bicyclic) bond motifs is 1. The van der Waals surface area contributed by atoms with Crippen LogP contribution in [0.5, 0.6) is 0 Å². The second-order valence-electron chi connectivity index (χ2n) is 5.96. The highest BCUT2D eigenvalue weighted by Crippen LogP contribution is 2.22. The first-order valence-electron chi connectivity index (χ1n) is 8.38. The fraction of sp³-hybridized carbons (Fsp3) is 0.158. The molecule has 8 nitrogen and oxygen atoms in total. The fourth-order valence-corrected chi connectivity index (χ4v) is 2.80. The van der Waals surface area contributed by atoms with E-state index < -0.39 is 11.9 Å². The number of amides is 5. The molecule has 1 heterocycles. The van der Waals surface area contributed by atoms with Crippen molar-refractivity contribution in [2.45, 2.75) is 6.42 Å². The van der Waals surface area contributed by atoms with Crippen LogP contribution < -0.4 is 16.4 Å². The number of anilines is 1. The van der Waals surface area contributed by atoms with Crippen LogP contribution in [0.15, 0.2) is 48.5 Å². The zero-order valence-electron chi connectivity index (χ0n) is 14.4. The lowest BCUT2D eigenvalue weighted by Gasteiger charge is -2.14. The quantitative estimate of drug-likeness (QED) is 0.419. The molecule has 138 valence electrons. The first-order valence-corrected chi connectivity index (χ1v) is 8.38. The number of para-hydroxylation sites is 1. The van der Waals surface area contributed by atoms with E-state index in [4.69, 9.17) is 5.73 Å². The smallest absolute Gasteiger partial charge is 0.321 e. The van der Waals surface area contributed by atoms with Crippen LogP contribution in [-0.2, 0) is 0 Å². The predicted octanol–water partition coefficient (Wildman–Crippen LogP) is 1.39. The summed E-state index contributed by atoms with van der Waals surface area (Å²) in [5.74, 6) is -1.28. The maximum Gasteiger partial charge on any atom is 0.321 e. The highest BCUT2D eigenvalue weighted by molar-refractivity contribution is 6.21. The molecule has 2 aromatic rings. The Labute approximate surface area is 155 Å². The number of nitrogens with zero attached hydrogens (tertiary/aromatic N) is 1. The van der Waals surface area contributed by atoms with Gasteiger partial charge >= 0.3 is 6.03 Å². The van der Waals surface area contributed by atoms with Gasteiger partial charge in [-0.05, 0) is 30.7 Å². The summed E-state index contributed by atoms with van der Waals surface area (Å²) in [6.45, 7) is 0.364. The number of carbonyl (C=O) groups is 4. The van der Waals surface area contributed by atoms with Crippen LogP contribution in [0, 0.1) is 0 Å². The van der Waals surface area contributed by atoms with E-state index >= 15 is 0 Å². The normalized spacial score (nSPS) is 12.7. The summed E-state index contributed by atoms with van der Waals surface area (Å²) in [5, 5.41) is 4.70. The number of hydrogen-bond donors (Lipinski definition) is 3. The van der Waals surface area contributed by atoms with Gasteiger partial charge in [0, 0.05) is 18.8 Å². The largest absolute Gasteiger partial charge is 0.398 e. The average Bonchev–Trinajstić information content (AvgIpc) is 2.90. The lowest BCUT2D eigenvalue weighted by molar-refractivity contribution is 0.0653. The van der Waals surface area contributed by atoms with Crippen molar-refractivity contribution in [2.24, 2.45) is 0 Å². The van der Waals surface area contributed by atoms with Gasteiger partial charge in [-0.25, -0.2) is 4.79 Å². The molecule has 3 rings (SSSR count). The molecule has 0 aliphatic carbocycles. The molecule has 2 aromatic carbocycles. The van der Waals surface area contributed by atoms with Gasteiger partial charge in [0.15, 0.2) is 0 Å². The number of hydrogen-bond acceptors (Lipinski definition) is 5. The van der Waals surface area contributed by atoms with E-state index in [-0.39, 0.29) is 36.2 Å². The maximum atomic E-state index is 12.2. The summed E-state index contributed by atoms with van der Waals surface area (Å²) in [6.07, 6.45) is 0.362. The van der Waals surface area contributed by atoms with E-state index in [0.717, 1.165) is 4.90 Å². The Bertz CT molecular complexity index is 890. The molecule has 0 saturated heterocycles. The first kappa shape index (κ1) is 18.1.